The van der Waals surface area contributed by atoms with Crippen molar-refractivity contribution in [3.63, 3.8) is 0 Å². The standard InChI is InChI=1S/C19H26N4O3/c24-18(22-26)9-7-14-6-8-17(20-12-14)21-16-10-11-23(13-16)19(25)15-4-2-1-3-5-15/h6-9,12,15-16,26H,1-5,10-11,13H2,(H,20,21)(H,22,24)/t16-/m1/s1. The van der Waals surface area contributed by atoms with Crippen molar-refractivity contribution >= 4 is 23.7 Å². The van der Waals surface area contributed by atoms with Crippen molar-refractivity contribution < 1.29 is 14.8 Å². The van der Waals surface area contributed by atoms with Crippen LogP contribution in [-0.4, -0.2) is 46.0 Å². The number of nitrogens with zero attached hydrogens (tertiary/aromatic N) is 2. The Bertz CT molecular complexity index is 653. The molecule has 2 fully saturated rings. The number of likely N-dealkylation sites (tertiary alicyclic amines) is 1. The first-order chi connectivity index (χ1) is 12.7. The Balaban J connectivity index is 1.49. The van der Waals surface area contributed by atoms with Crippen molar-refractivity contribution in [2.24, 2.45) is 5.92 Å². The van der Waals surface area contributed by atoms with Crippen LogP contribution in [0.5, 0.6) is 0 Å². The Morgan fingerprint density at radius 3 is 2.69 bits per heavy atom. The van der Waals surface area contributed by atoms with Gasteiger partial charge in [-0.1, -0.05) is 19.3 Å². The molecule has 1 aliphatic carbocycles. The van der Waals surface area contributed by atoms with Crippen LogP contribution in [0.4, 0.5) is 5.82 Å². The molecule has 0 bridgehead atoms. The summed E-state index contributed by atoms with van der Waals surface area (Å²) in [6, 6.07) is 3.91. The number of amides is 2. The predicted octanol–water partition coefficient (Wildman–Crippen LogP) is 2.19. The number of hydrogen-bond acceptors (Lipinski definition) is 5. The molecular formula is C19H26N4O3. The summed E-state index contributed by atoms with van der Waals surface area (Å²) in [6.45, 7) is 1.54. The van der Waals surface area contributed by atoms with Gasteiger partial charge in [0, 0.05) is 37.3 Å². The highest BCUT2D eigenvalue weighted by molar-refractivity contribution is 5.90. The zero-order valence-corrected chi connectivity index (χ0v) is 14.9. The first-order valence-electron chi connectivity index (χ1n) is 9.29. The maximum atomic E-state index is 12.6. The number of hydrogen-bond donors (Lipinski definition) is 3. The lowest BCUT2D eigenvalue weighted by Crippen LogP contribution is -2.36. The average Bonchev–Trinajstić information content (AvgIpc) is 3.15. The fourth-order valence-electron chi connectivity index (χ4n) is 3.69. The largest absolute Gasteiger partial charge is 0.365 e. The molecule has 3 N–H and O–H groups in total. The fourth-order valence-corrected chi connectivity index (χ4v) is 3.69. The molecule has 0 radical (unpaired) electrons. The minimum atomic E-state index is -0.583. The maximum Gasteiger partial charge on any atom is 0.267 e. The van der Waals surface area contributed by atoms with Gasteiger partial charge < -0.3 is 10.2 Å². The summed E-state index contributed by atoms with van der Waals surface area (Å²) in [5.74, 6) is 0.721. The summed E-state index contributed by atoms with van der Waals surface area (Å²) in [6.07, 6.45) is 11.1. The average molecular weight is 358 g/mol. The Labute approximate surface area is 153 Å². The van der Waals surface area contributed by atoms with Crippen LogP contribution < -0.4 is 10.8 Å². The molecular weight excluding hydrogens is 332 g/mol. The van der Waals surface area contributed by atoms with Gasteiger partial charge in [-0.15, -0.1) is 0 Å². The summed E-state index contributed by atoms with van der Waals surface area (Å²) >= 11 is 0. The molecule has 140 valence electrons. The minimum Gasteiger partial charge on any atom is -0.365 e. The van der Waals surface area contributed by atoms with E-state index in [0.29, 0.717) is 5.91 Å². The third-order valence-electron chi connectivity index (χ3n) is 5.13. The van der Waals surface area contributed by atoms with Crippen LogP contribution in [0.25, 0.3) is 6.08 Å². The molecule has 1 saturated heterocycles. The van der Waals surface area contributed by atoms with Crippen LogP contribution in [0.2, 0.25) is 0 Å². The molecule has 2 heterocycles. The number of anilines is 1. The van der Waals surface area contributed by atoms with Crippen molar-refractivity contribution in [2.45, 2.75) is 44.6 Å². The molecule has 1 aromatic rings. The van der Waals surface area contributed by atoms with E-state index >= 15 is 0 Å². The van der Waals surface area contributed by atoms with Crippen molar-refractivity contribution in [3.05, 3.63) is 30.0 Å². The van der Waals surface area contributed by atoms with Gasteiger partial charge in [-0.05, 0) is 43.0 Å². The van der Waals surface area contributed by atoms with Gasteiger partial charge in [0.1, 0.15) is 5.82 Å². The van der Waals surface area contributed by atoms with E-state index in [0.717, 1.165) is 43.7 Å². The molecule has 0 aromatic carbocycles. The lowest BCUT2D eigenvalue weighted by Gasteiger charge is -2.26. The summed E-state index contributed by atoms with van der Waals surface area (Å²) in [4.78, 5) is 29.9. The number of carbonyl (C=O) groups excluding carboxylic acids is 2. The molecule has 7 heteroatoms. The second kappa shape index (κ2) is 8.80. The van der Waals surface area contributed by atoms with E-state index < -0.39 is 5.91 Å². The van der Waals surface area contributed by atoms with E-state index in [1.807, 2.05) is 17.0 Å². The molecule has 0 unspecified atom stereocenters. The van der Waals surface area contributed by atoms with Gasteiger partial charge in [0.2, 0.25) is 5.91 Å². The van der Waals surface area contributed by atoms with Crippen LogP contribution in [0.3, 0.4) is 0 Å². The topological polar surface area (TPSA) is 94.6 Å². The number of carbonyl (C=O) groups is 2. The van der Waals surface area contributed by atoms with Gasteiger partial charge in [0.05, 0.1) is 0 Å². The van der Waals surface area contributed by atoms with E-state index in [4.69, 9.17) is 5.21 Å². The van der Waals surface area contributed by atoms with E-state index in [2.05, 4.69) is 10.3 Å². The van der Waals surface area contributed by atoms with Crippen molar-refractivity contribution in [2.75, 3.05) is 18.4 Å². The molecule has 0 spiro atoms. The number of rotatable bonds is 5. The summed E-state index contributed by atoms with van der Waals surface area (Å²) in [5.41, 5.74) is 2.30. The number of hydroxylamine groups is 1. The number of aromatic nitrogens is 1. The van der Waals surface area contributed by atoms with Gasteiger partial charge in [-0.3, -0.25) is 14.8 Å². The normalized spacial score (nSPS) is 21.1. The lowest BCUT2D eigenvalue weighted by molar-refractivity contribution is -0.135. The monoisotopic (exact) mass is 358 g/mol. The predicted molar refractivity (Wildman–Crippen MR) is 98.4 cm³/mol. The Morgan fingerprint density at radius 2 is 2.00 bits per heavy atom. The van der Waals surface area contributed by atoms with Crippen molar-refractivity contribution in [1.29, 1.82) is 0 Å². The second-order valence-corrected chi connectivity index (χ2v) is 7.04. The summed E-state index contributed by atoms with van der Waals surface area (Å²) in [5, 5.41) is 11.8. The van der Waals surface area contributed by atoms with Crippen LogP contribution >= 0.6 is 0 Å². The van der Waals surface area contributed by atoms with Gasteiger partial charge in [0.25, 0.3) is 5.91 Å². The first kappa shape index (κ1) is 18.4. The molecule has 26 heavy (non-hydrogen) atoms. The number of pyridine rings is 1. The van der Waals surface area contributed by atoms with Crippen molar-refractivity contribution in [3.8, 4) is 0 Å². The zero-order valence-electron chi connectivity index (χ0n) is 14.9. The summed E-state index contributed by atoms with van der Waals surface area (Å²) in [7, 11) is 0. The third-order valence-corrected chi connectivity index (χ3v) is 5.13. The molecule has 1 aliphatic heterocycles. The van der Waals surface area contributed by atoms with Crippen LogP contribution in [0, 0.1) is 5.92 Å². The molecule has 3 rings (SSSR count). The quantitative estimate of drug-likeness (QED) is 0.426. The van der Waals surface area contributed by atoms with Gasteiger partial charge >= 0.3 is 0 Å². The first-order valence-corrected chi connectivity index (χ1v) is 9.29. The Morgan fingerprint density at radius 1 is 1.19 bits per heavy atom. The minimum absolute atomic E-state index is 0.219. The smallest absolute Gasteiger partial charge is 0.267 e. The Kier molecular flexibility index (Phi) is 6.22. The molecule has 1 atom stereocenters. The van der Waals surface area contributed by atoms with E-state index in [-0.39, 0.29) is 12.0 Å². The Hall–Kier alpha value is -2.41. The van der Waals surface area contributed by atoms with Gasteiger partial charge in [-0.25, -0.2) is 10.5 Å². The lowest BCUT2D eigenvalue weighted by atomic mass is 9.88. The SMILES string of the molecule is O=C(C=Cc1ccc(N[C@@H]2CCN(C(=O)C3CCCCC3)C2)nc1)NO. The number of nitrogens with one attached hydrogen (secondary N) is 2. The fraction of sp³-hybridized carbons (Fsp3) is 0.526. The van der Waals surface area contributed by atoms with E-state index in [1.54, 1.807) is 17.8 Å². The van der Waals surface area contributed by atoms with E-state index in [1.165, 1.54) is 25.3 Å². The second-order valence-electron chi connectivity index (χ2n) is 7.04. The highest BCUT2D eigenvalue weighted by Gasteiger charge is 2.31. The molecule has 7 nitrogen and oxygen atoms in total. The highest BCUT2D eigenvalue weighted by atomic mass is 16.5. The van der Waals surface area contributed by atoms with Crippen molar-refractivity contribution in [1.82, 2.24) is 15.4 Å². The molecule has 1 saturated carbocycles. The third kappa shape index (κ3) is 4.82. The highest BCUT2D eigenvalue weighted by Crippen LogP contribution is 2.27. The summed E-state index contributed by atoms with van der Waals surface area (Å²) < 4.78 is 0. The van der Waals surface area contributed by atoms with E-state index in [9.17, 15) is 9.59 Å². The van der Waals surface area contributed by atoms with Gasteiger partial charge in [0.15, 0.2) is 0 Å². The van der Waals surface area contributed by atoms with Crippen LogP contribution in [-0.2, 0) is 9.59 Å². The molecule has 1 aromatic heterocycles. The molecule has 2 aliphatic rings. The van der Waals surface area contributed by atoms with Crippen LogP contribution in [0.1, 0.15) is 44.1 Å². The van der Waals surface area contributed by atoms with Crippen LogP contribution in [0.15, 0.2) is 24.4 Å². The maximum absolute atomic E-state index is 12.6. The molecule has 2 amide bonds. The zero-order chi connectivity index (χ0) is 18.4. The van der Waals surface area contributed by atoms with Gasteiger partial charge in [-0.2, -0.15) is 0 Å².